The number of aryl methyl sites for hydroxylation is 1. The number of piperidine rings is 1. The van der Waals surface area contributed by atoms with Gasteiger partial charge < -0.3 is 16.0 Å². The summed E-state index contributed by atoms with van der Waals surface area (Å²) in [6.07, 6.45) is 12.0. The number of hydrogen-bond acceptors (Lipinski definition) is 5. The van der Waals surface area contributed by atoms with Gasteiger partial charge in [-0.3, -0.25) is 9.88 Å². The highest BCUT2D eigenvalue weighted by molar-refractivity contribution is 5.30. The molecule has 3 N–H and O–H groups in total. The van der Waals surface area contributed by atoms with Crippen molar-refractivity contribution in [1.82, 2.24) is 25.8 Å². The van der Waals surface area contributed by atoms with E-state index in [4.69, 9.17) is 4.98 Å². The molecule has 5 nitrogen and oxygen atoms in total. The van der Waals surface area contributed by atoms with Gasteiger partial charge in [-0.25, -0.2) is 0 Å². The maximum Gasteiger partial charge on any atom is 0.0607 e. The highest BCUT2D eigenvalue weighted by Crippen LogP contribution is 2.33. The molecule has 1 aromatic heterocycles. The summed E-state index contributed by atoms with van der Waals surface area (Å²) >= 11 is 0. The van der Waals surface area contributed by atoms with Crippen molar-refractivity contribution in [3.63, 3.8) is 0 Å². The predicted octanol–water partition coefficient (Wildman–Crippen LogP) is 3.84. The van der Waals surface area contributed by atoms with Gasteiger partial charge in [0.05, 0.1) is 11.7 Å². The third-order valence-corrected chi connectivity index (χ3v) is 8.17. The van der Waals surface area contributed by atoms with Crippen molar-refractivity contribution in [2.24, 2.45) is 5.92 Å². The molecule has 0 spiro atoms. The van der Waals surface area contributed by atoms with E-state index in [1.165, 1.54) is 87.0 Å². The Balaban J connectivity index is 1.17. The smallest absolute Gasteiger partial charge is 0.0607 e. The summed E-state index contributed by atoms with van der Waals surface area (Å²) in [5.41, 5.74) is 5.80. The fourth-order valence-electron chi connectivity index (χ4n) is 6.20. The van der Waals surface area contributed by atoms with Gasteiger partial charge in [0.25, 0.3) is 0 Å². The first-order chi connectivity index (χ1) is 16.9. The van der Waals surface area contributed by atoms with Gasteiger partial charge in [0, 0.05) is 25.3 Å². The van der Waals surface area contributed by atoms with E-state index >= 15 is 0 Å². The molecule has 1 saturated heterocycles. The fourth-order valence-corrected chi connectivity index (χ4v) is 6.20. The summed E-state index contributed by atoms with van der Waals surface area (Å²) in [7, 11) is 0. The van der Waals surface area contributed by atoms with E-state index < -0.39 is 0 Å². The zero-order valence-corrected chi connectivity index (χ0v) is 20.8. The standard InChI is InChI=1S/C29H43N5/c1-2-8-26-21-33-27(19-25(26)7-1)22-34(28-11-5-9-24-10-6-15-32-29(24)28)18-4-3-14-31-20-23-12-16-30-17-13-23/h1-2,6-8,10,15,23,27-28,30-31,33H,3-5,9,11-14,16-22H2/t27-,28+/m1/s1. The molecule has 2 aromatic rings. The van der Waals surface area contributed by atoms with E-state index in [1.54, 1.807) is 0 Å². The van der Waals surface area contributed by atoms with Crippen LogP contribution in [-0.2, 0) is 19.4 Å². The maximum absolute atomic E-state index is 4.88. The van der Waals surface area contributed by atoms with Crippen LogP contribution < -0.4 is 16.0 Å². The quantitative estimate of drug-likeness (QED) is 0.470. The first kappa shape index (κ1) is 23.9. The summed E-state index contributed by atoms with van der Waals surface area (Å²) in [5, 5.41) is 11.1. The molecule has 1 aliphatic carbocycles. The average Bonchev–Trinajstić information content (AvgIpc) is 2.90. The molecule has 0 radical (unpaired) electrons. The number of rotatable bonds is 10. The lowest BCUT2D eigenvalue weighted by molar-refractivity contribution is 0.150. The molecule has 5 heteroatoms. The van der Waals surface area contributed by atoms with Crippen molar-refractivity contribution in [1.29, 1.82) is 0 Å². The molecule has 0 unspecified atom stereocenters. The Morgan fingerprint density at radius 3 is 2.74 bits per heavy atom. The number of benzene rings is 1. The number of aromatic nitrogens is 1. The van der Waals surface area contributed by atoms with Gasteiger partial charge in [-0.15, -0.1) is 0 Å². The SMILES string of the molecule is c1ccc2c(c1)CN[C@@H](CN(CCCCNCC1CCNCC1)[C@H]1CCCc3cccnc31)C2. The Kier molecular flexibility index (Phi) is 8.63. The number of pyridine rings is 1. The van der Waals surface area contributed by atoms with E-state index in [-0.39, 0.29) is 0 Å². The molecule has 1 fully saturated rings. The van der Waals surface area contributed by atoms with Gasteiger partial charge in [-0.05, 0) is 113 Å². The molecule has 184 valence electrons. The minimum atomic E-state index is 0.464. The third-order valence-electron chi connectivity index (χ3n) is 8.17. The molecule has 3 heterocycles. The van der Waals surface area contributed by atoms with E-state index in [1.807, 2.05) is 6.20 Å². The van der Waals surface area contributed by atoms with Crippen molar-refractivity contribution in [3.05, 3.63) is 65.0 Å². The molecule has 5 rings (SSSR count). The summed E-state index contributed by atoms with van der Waals surface area (Å²) in [4.78, 5) is 7.65. The lowest BCUT2D eigenvalue weighted by Crippen LogP contribution is -2.46. The van der Waals surface area contributed by atoms with Crippen LogP contribution in [0.4, 0.5) is 0 Å². The van der Waals surface area contributed by atoms with Crippen LogP contribution >= 0.6 is 0 Å². The van der Waals surface area contributed by atoms with Crippen molar-refractivity contribution in [2.45, 2.75) is 70.0 Å². The van der Waals surface area contributed by atoms with E-state index in [0.29, 0.717) is 12.1 Å². The number of unbranched alkanes of at least 4 members (excludes halogenated alkanes) is 1. The normalized spacial score (nSPS) is 23.0. The van der Waals surface area contributed by atoms with Gasteiger partial charge in [0.1, 0.15) is 0 Å². The Labute approximate surface area is 206 Å². The second kappa shape index (κ2) is 12.3. The topological polar surface area (TPSA) is 52.2 Å². The summed E-state index contributed by atoms with van der Waals surface area (Å²) in [6.45, 7) is 7.99. The van der Waals surface area contributed by atoms with Crippen LogP contribution in [-0.4, -0.2) is 55.2 Å². The summed E-state index contributed by atoms with van der Waals surface area (Å²) in [6, 6.07) is 14.3. The number of nitrogens with one attached hydrogen (secondary N) is 3. The molecule has 0 bridgehead atoms. The van der Waals surface area contributed by atoms with Crippen molar-refractivity contribution in [3.8, 4) is 0 Å². The minimum Gasteiger partial charge on any atom is -0.317 e. The van der Waals surface area contributed by atoms with Gasteiger partial charge in [-0.1, -0.05) is 30.3 Å². The first-order valence-electron chi connectivity index (χ1n) is 13.8. The lowest BCUT2D eigenvalue weighted by Gasteiger charge is -2.38. The fraction of sp³-hybridized carbons (Fsp3) is 0.621. The third kappa shape index (κ3) is 6.25. The van der Waals surface area contributed by atoms with Crippen LogP contribution in [0, 0.1) is 5.92 Å². The van der Waals surface area contributed by atoms with Crippen molar-refractivity contribution < 1.29 is 0 Å². The zero-order chi connectivity index (χ0) is 23.0. The van der Waals surface area contributed by atoms with E-state index in [9.17, 15) is 0 Å². The van der Waals surface area contributed by atoms with Gasteiger partial charge in [-0.2, -0.15) is 0 Å². The Morgan fingerprint density at radius 2 is 1.82 bits per heavy atom. The van der Waals surface area contributed by atoms with Crippen LogP contribution in [0.25, 0.3) is 0 Å². The molecule has 3 aliphatic rings. The highest BCUT2D eigenvalue weighted by atomic mass is 15.2. The van der Waals surface area contributed by atoms with Crippen LogP contribution in [0.2, 0.25) is 0 Å². The molecular weight excluding hydrogens is 418 g/mol. The number of hydrogen-bond donors (Lipinski definition) is 3. The predicted molar refractivity (Wildman–Crippen MR) is 140 cm³/mol. The van der Waals surface area contributed by atoms with Crippen LogP contribution in [0.15, 0.2) is 42.6 Å². The largest absolute Gasteiger partial charge is 0.317 e. The van der Waals surface area contributed by atoms with Gasteiger partial charge >= 0.3 is 0 Å². The van der Waals surface area contributed by atoms with E-state index in [2.05, 4.69) is 57.2 Å². The summed E-state index contributed by atoms with van der Waals surface area (Å²) < 4.78 is 0. The zero-order valence-electron chi connectivity index (χ0n) is 20.8. The Bertz CT molecular complexity index is 894. The average molecular weight is 462 g/mol. The Hall–Kier alpha value is -1.79. The molecule has 2 atom stereocenters. The molecule has 34 heavy (non-hydrogen) atoms. The van der Waals surface area contributed by atoms with Gasteiger partial charge in [0.2, 0.25) is 0 Å². The second-order valence-electron chi connectivity index (χ2n) is 10.6. The lowest BCUT2D eigenvalue weighted by atomic mass is 9.89. The highest BCUT2D eigenvalue weighted by Gasteiger charge is 2.29. The van der Waals surface area contributed by atoms with Gasteiger partial charge in [0.15, 0.2) is 0 Å². The van der Waals surface area contributed by atoms with E-state index in [0.717, 1.165) is 38.5 Å². The van der Waals surface area contributed by atoms with Crippen molar-refractivity contribution >= 4 is 0 Å². The second-order valence-corrected chi connectivity index (χ2v) is 10.6. The first-order valence-corrected chi connectivity index (χ1v) is 13.8. The molecule has 2 aliphatic heterocycles. The molecule has 1 aromatic carbocycles. The number of nitrogens with zero attached hydrogens (tertiary/aromatic N) is 2. The Morgan fingerprint density at radius 1 is 0.971 bits per heavy atom. The molecular formula is C29H43N5. The van der Waals surface area contributed by atoms with Crippen LogP contribution in [0.5, 0.6) is 0 Å². The van der Waals surface area contributed by atoms with Crippen LogP contribution in [0.3, 0.4) is 0 Å². The molecule has 0 saturated carbocycles. The minimum absolute atomic E-state index is 0.464. The van der Waals surface area contributed by atoms with Crippen molar-refractivity contribution in [2.75, 3.05) is 39.3 Å². The monoisotopic (exact) mass is 461 g/mol. The number of fused-ring (bicyclic) bond motifs is 2. The maximum atomic E-state index is 4.88. The molecule has 0 amide bonds. The van der Waals surface area contributed by atoms with Crippen LogP contribution in [0.1, 0.15) is 67.0 Å². The summed E-state index contributed by atoms with van der Waals surface area (Å²) in [5.74, 6) is 0.864.